The summed E-state index contributed by atoms with van der Waals surface area (Å²) < 4.78 is 0. The molecule has 2 aliphatic rings. The maximum Gasteiger partial charge on any atom is 0.261 e. The van der Waals surface area contributed by atoms with E-state index >= 15 is 0 Å². The monoisotopic (exact) mass is 294 g/mol. The van der Waals surface area contributed by atoms with Crippen molar-refractivity contribution in [3.63, 3.8) is 0 Å². The summed E-state index contributed by atoms with van der Waals surface area (Å²) in [6.07, 6.45) is 4.44. The van der Waals surface area contributed by atoms with Crippen LogP contribution in [0.25, 0.3) is 0 Å². The molecule has 0 saturated heterocycles. The number of hydrogen-bond donors (Lipinski definition) is 3. The largest absolute Gasteiger partial charge is 0.388 e. The Morgan fingerprint density at radius 2 is 2.10 bits per heavy atom. The van der Waals surface area contributed by atoms with Gasteiger partial charge in [0, 0.05) is 12.5 Å². The summed E-state index contributed by atoms with van der Waals surface area (Å²) in [6.45, 7) is 0.299. The van der Waals surface area contributed by atoms with E-state index < -0.39 is 5.60 Å². The molecule has 6 heteroatoms. The number of amides is 2. The van der Waals surface area contributed by atoms with E-state index in [4.69, 9.17) is 0 Å². The van der Waals surface area contributed by atoms with E-state index in [1.165, 1.54) is 11.3 Å². The fourth-order valence-corrected chi connectivity index (χ4v) is 3.02. The van der Waals surface area contributed by atoms with Gasteiger partial charge in [-0.3, -0.25) is 9.59 Å². The Labute approximate surface area is 121 Å². The molecule has 0 radical (unpaired) electrons. The predicted octanol–water partition coefficient (Wildman–Crippen LogP) is 1.74. The van der Waals surface area contributed by atoms with Crippen LogP contribution in [0, 0.1) is 5.92 Å². The van der Waals surface area contributed by atoms with Crippen LogP contribution in [0.3, 0.4) is 0 Å². The van der Waals surface area contributed by atoms with Crippen LogP contribution in [0.4, 0.5) is 5.00 Å². The summed E-state index contributed by atoms with van der Waals surface area (Å²) in [4.78, 5) is 24.1. The lowest BCUT2D eigenvalue weighted by Gasteiger charge is -2.36. The van der Waals surface area contributed by atoms with Gasteiger partial charge in [0.2, 0.25) is 5.91 Å². The van der Waals surface area contributed by atoms with Gasteiger partial charge in [0.1, 0.15) is 0 Å². The average Bonchev–Trinajstić information content (AvgIpc) is 3.15. The quantitative estimate of drug-likeness (QED) is 0.774. The Morgan fingerprint density at radius 3 is 2.70 bits per heavy atom. The first kappa shape index (κ1) is 13.6. The molecule has 0 spiro atoms. The van der Waals surface area contributed by atoms with Crippen LogP contribution in [-0.4, -0.2) is 29.1 Å². The highest BCUT2D eigenvalue weighted by Gasteiger charge is 2.34. The fourth-order valence-electron chi connectivity index (χ4n) is 2.19. The predicted molar refractivity (Wildman–Crippen MR) is 76.8 cm³/mol. The summed E-state index contributed by atoms with van der Waals surface area (Å²) in [7, 11) is 0. The number of carbonyl (C=O) groups excluding carboxylic acids is 2. The van der Waals surface area contributed by atoms with E-state index in [1.807, 2.05) is 0 Å². The van der Waals surface area contributed by atoms with E-state index in [2.05, 4.69) is 10.6 Å². The summed E-state index contributed by atoms with van der Waals surface area (Å²) in [5, 5.41) is 16.2. The second kappa shape index (κ2) is 5.18. The minimum atomic E-state index is -0.712. The molecule has 0 unspecified atom stereocenters. The third kappa shape index (κ3) is 3.02. The van der Waals surface area contributed by atoms with Crippen LogP contribution >= 0.6 is 11.3 Å². The van der Waals surface area contributed by atoms with Crippen molar-refractivity contribution in [2.75, 3.05) is 11.9 Å². The van der Waals surface area contributed by atoms with E-state index in [-0.39, 0.29) is 17.7 Å². The van der Waals surface area contributed by atoms with Gasteiger partial charge in [-0.05, 0) is 44.2 Å². The van der Waals surface area contributed by atoms with Crippen molar-refractivity contribution in [1.29, 1.82) is 0 Å². The summed E-state index contributed by atoms with van der Waals surface area (Å²) in [6, 6.07) is 3.45. The van der Waals surface area contributed by atoms with Crippen molar-refractivity contribution in [1.82, 2.24) is 5.32 Å². The molecule has 5 nitrogen and oxygen atoms in total. The van der Waals surface area contributed by atoms with Crippen molar-refractivity contribution in [2.45, 2.75) is 37.7 Å². The third-order valence-corrected chi connectivity index (χ3v) is 4.89. The first-order valence-electron chi connectivity index (χ1n) is 6.97. The number of anilines is 1. The molecule has 2 amide bonds. The fraction of sp³-hybridized carbons (Fsp3) is 0.571. The molecule has 108 valence electrons. The zero-order valence-corrected chi connectivity index (χ0v) is 12.0. The van der Waals surface area contributed by atoms with Gasteiger partial charge in [-0.2, -0.15) is 0 Å². The normalized spacial score (nSPS) is 20.1. The molecular formula is C14H18N2O3S. The molecule has 2 fully saturated rings. The lowest BCUT2D eigenvalue weighted by Crippen LogP contribution is -2.47. The zero-order valence-electron chi connectivity index (χ0n) is 11.1. The van der Waals surface area contributed by atoms with E-state index in [0.29, 0.717) is 16.4 Å². The molecule has 2 saturated carbocycles. The van der Waals surface area contributed by atoms with Gasteiger partial charge in [-0.1, -0.05) is 0 Å². The number of hydrogen-bond acceptors (Lipinski definition) is 4. The number of carbonyl (C=O) groups is 2. The zero-order chi connectivity index (χ0) is 14.2. The molecule has 1 aromatic heterocycles. The molecule has 0 aliphatic heterocycles. The maximum absolute atomic E-state index is 12.0. The van der Waals surface area contributed by atoms with E-state index in [9.17, 15) is 14.7 Å². The number of rotatable bonds is 5. The van der Waals surface area contributed by atoms with Gasteiger partial charge in [0.05, 0.1) is 15.5 Å². The Balaban J connectivity index is 1.52. The van der Waals surface area contributed by atoms with Crippen LogP contribution < -0.4 is 10.6 Å². The summed E-state index contributed by atoms with van der Waals surface area (Å²) >= 11 is 1.27. The molecule has 2 aliphatic carbocycles. The van der Waals surface area contributed by atoms with Crippen molar-refractivity contribution < 1.29 is 14.7 Å². The van der Waals surface area contributed by atoms with Crippen molar-refractivity contribution in [3.05, 3.63) is 17.0 Å². The molecule has 1 aromatic rings. The Bertz CT molecular complexity index is 532. The lowest BCUT2D eigenvalue weighted by molar-refractivity contribution is -0.117. The molecule has 3 N–H and O–H groups in total. The highest BCUT2D eigenvalue weighted by Crippen LogP contribution is 2.32. The van der Waals surface area contributed by atoms with Gasteiger partial charge in [0.25, 0.3) is 5.91 Å². The minimum absolute atomic E-state index is 0.0441. The Kier molecular flexibility index (Phi) is 3.52. The van der Waals surface area contributed by atoms with Gasteiger partial charge in [-0.25, -0.2) is 0 Å². The molecule has 0 bridgehead atoms. The second-order valence-corrected chi connectivity index (χ2v) is 6.77. The van der Waals surface area contributed by atoms with Crippen LogP contribution in [0.5, 0.6) is 0 Å². The van der Waals surface area contributed by atoms with Crippen LogP contribution in [0.1, 0.15) is 41.8 Å². The number of thiophene rings is 1. The standard InChI is InChI=1S/C14H18N2O3S/c17-12(9-2-3-9)16-11-5-4-10(20-11)13(18)15-8-14(19)6-1-7-14/h4-5,9,19H,1-3,6-8H2,(H,15,18)(H,16,17). The van der Waals surface area contributed by atoms with Gasteiger partial charge >= 0.3 is 0 Å². The molecule has 3 rings (SSSR count). The summed E-state index contributed by atoms with van der Waals surface area (Å²) in [5.74, 6) is 0.00655. The maximum atomic E-state index is 12.0. The summed E-state index contributed by atoms with van der Waals surface area (Å²) in [5.41, 5.74) is -0.712. The van der Waals surface area contributed by atoms with Crippen LogP contribution in [0.15, 0.2) is 12.1 Å². The topological polar surface area (TPSA) is 78.4 Å². The van der Waals surface area contributed by atoms with Crippen molar-refractivity contribution in [3.8, 4) is 0 Å². The van der Waals surface area contributed by atoms with E-state index in [1.54, 1.807) is 12.1 Å². The van der Waals surface area contributed by atoms with E-state index in [0.717, 1.165) is 32.1 Å². The second-order valence-electron chi connectivity index (χ2n) is 5.69. The number of nitrogens with one attached hydrogen (secondary N) is 2. The smallest absolute Gasteiger partial charge is 0.261 e. The van der Waals surface area contributed by atoms with Gasteiger partial charge in [-0.15, -0.1) is 11.3 Å². The SMILES string of the molecule is O=C(NCC1(O)CCC1)c1ccc(NC(=O)C2CC2)s1. The van der Waals surface area contributed by atoms with Crippen molar-refractivity contribution >= 4 is 28.2 Å². The average molecular weight is 294 g/mol. The highest BCUT2D eigenvalue weighted by atomic mass is 32.1. The Morgan fingerprint density at radius 1 is 1.35 bits per heavy atom. The first-order chi connectivity index (χ1) is 9.56. The minimum Gasteiger partial charge on any atom is -0.388 e. The molecule has 1 heterocycles. The highest BCUT2D eigenvalue weighted by molar-refractivity contribution is 7.18. The first-order valence-corrected chi connectivity index (χ1v) is 7.79. The molecular weight excluding hydrogens is 276 g/mol. The van der Waals surface area contributed by atoms with Crippen molar-refractivity contribution in [2.24, 2.45) is 5.92 Å². The Hall–Kier alpha value is -1.40. The van der Waals surface area contributed by atoms with Crippen LogP contribution in [0.2, 0.25) is 0 Å². The van der Waals surface area contributed by atoms with Gasteiger partial charge < -0.3 is 15.7 Å². The molecule has 0 aromatic carbocycles. The molecule has 20 heavy (non-hydrogen) atoms. The van der Waals surface area contributed by atoms with Gasteiger partial charge in [0.15, 0.2) is 0 Å². The lowest BCUT2D eigenvalue weighted by atomic mass is 9.80. The third-order valence-electron chi connectivity index (χ3n) is 3.89. The molecule has 0 atom stereocenters. The van der Waals surface area contributed by atoms with Crippen LogP contribution in [-0.2, 0) is 4.79 Å². The number of aliphatic hydroxyl groups is 1.